The number of benzene rings is 3. The quantitative estimate of drug-likeness (QED) is 0.358. The van der Waals surface area contributed by atoms with E-state index in [9.17, 15) is 27.9 Å². The summed E-state index contributed by atoms with van der Waals surface area (Å²) in [6.07, 6.45) is -3.47. The molecule has 1 fully saturated rings. The van der Waals surface area contributed by atoms with Gasteiger partial charge in [0.15, 0.2) is 5.82 Å². The van der Waals surface area contributed by atoms with Crippen LogP contribution in [-0.2, 0) is 11.0 Å². The Balaban J connectivity index is 1.48. The highest BCUT2D eigenvalue weighted by atomic mass is 19.4. The number of fused-ring (bicyclic) bond motifs is 1. The Morgan fingerprint density at radius 2 is 1.68 bits per heavy atom. The number of aromatic nitrogens is 2. The third-order valence-corrected chi connectivity index (χ3v) is 6.23. The molecule has 1 amide bonds. The van der Waals surface area contributed by atoms with Crippen molar-refractivity contribution in [3.05, 3.63) is 83.9 Å². The number of likely N-dealkylation sites (tertiary alicyclic amines) is 1. The minimum Gasteiger partial charge on any atom is -0.480 e. The maximum atomic E-state index is 13.3. The fourth-order valence-corrected chi connectivity index (χ4v) is 4.38. The summed E-state index contributed by atoms with van der Waals surface area (Å²) >= 11 is 0. The van der Waals surface area contributed by atoms with Crippen LogP contribution in [0.25, 0.3) is 22.3 Å². The van der Waals surface area contributed by atoms with Crippen LogP contribution in [0.1, 0.15) is 28.8 Å². The zero-order valence-electron chi connectivity index (χ0n) is 19.4. The molecule has 10 heteroatoms. The van der Waals surface area contributed by atoms with Crippen molar-refractivity contribution in [2.75, 3.05) is 11.9 Å². The lowest BCUT2D eigenvalue weighted by Crippen LogP contribution is -2.40. The molecule has 4 aromatic rings. The maximum absolute atomic E-state index is 13.3. The molecular weight excluding hydrogens is 485 g/mol. The van der Waals surface area contributed by atoms with Gasteiger partial charge in [0.25, 0.3) is 5.91 Å². The molecule has 1 aliphatic heterocycles. The monoisotopic (exact) mass is 506 g/mol. The molecule has 0 radical (unpaired) electrons. The summed E-state index contributed by atoms with van der Waals surface area (Å²) in [6.45, 7) is 0.378. The Bertz CT molecular complexity index is 1470. The molecule has 1 unspecified atom stereocenters. The summed E-state index contributed by atoms with van der Waals surface area (Å²) in [6, 6.07) is 17.9. The van der Waals surface area contributed by atoms with E-state index in [4.69, 9.17) is 0 Å². The van der Waals surface area contributed by atoms with Gasteiger partial charge in [0.05, 0.1) is 16.6 Å². The Morgan fingerprint density at radius 3 is 2.35 bits per heavy atom. The summed E-state index contributed by atoms with van der Waals surface area (Å²) < 4.78 is 39.8. The van der Waals surface area contributed by atoms with Gasteiger partial charge >= 0.3 is 12.1 Å². The Hall–Kier alpha value is -4.47. The molecule has 2 heterocycles. The number of rotatable bonds is 5. The van der Waals surface area contributed by atoms with Crippen LogP contribution in [0, 0.1) is 0 Å². The minimum absolute atomic E-state index is 0.0811. The van der Waals surface area contributed by atoms with Gasteiger partial charge in [-0.3, -0.25) is 4.79 Å². The molecule has 0 spiro atoms. The van der Waals surface area contributed by atoms with Gasteiger partial charge in [0, 0.05) is 23.4 Å². The average molecular weight is 506 g/mol. The topological polar surface area (TPSA) is 95.4 Å². The van der Waals surface area contributed by atoms with Gasteiger partial charge in [-0.25, -0.2) is 14.8 Å². The molecule has 0 aliphatic carbocycles. The molecule has 1 saturated heterocycles. The average Bonchev–Trinajstić information content (AvgIpc) is 3.38. The van der Waals surface area contributed by atoms with E-state index >= 15 is 0 Å². The third-order valence-electron chi connectivity index (χ3n) is 6.23. The molecule has 5 rings (SSSR count). The Labute approximate surface area is 209 Å². The van der Waals surface area contributed by atoms with Crippen LogP contribution in [0.3, 0.4) is 0 Å². The molecule has 37 heavy (non-hydrogen) atoms. The number of hydrogen-bond acceptors (Lipinski definition) is 5. The first-order valence-electron chi connectivity index (χ1n) is 11.6. The number of carbonyl (C=O) groups is 2. The van der Waals surface area contributed by atoms with Crippen LogP contribution in [0.2, 0.25) is 0 Å². The number of carboxylic acids is 1. The number of carbonyl (C=O) groups excluding carboxylic acids is 1. The zero-order valence-corrected chi connectivity index (χ0v) is 19.4. The molecule has 3 aromatic carbocycles. The standard InChI is InChI=1S/C27H21F3N4O3/c28-27(29,30)18-10-13-20-21(15-18)33-24(23(32-20)16-5-2-1-3-6-16)31-19-11-8-17(9-12-19)25(35)34-14-4-7-22(34)26(36)37/h1-3,5-6,8-13,15,22H,4,7,14H2,(H,31,33)(H,36,37). The van der Waals surface area contributed by atoms with Crippen LogP contribution < -0.4 is 5.32 Å². The molecule has 7 nitrogen and oxygen atoms in total. The smallest absolute Gasteiger partial charge is 0.416 e. The lowest BCUT2D eigenvalue weighted by atomic mass is 10.1. The van der Waals surface area contributed by atoms with E-state index in [0.29, 0.717) is 41.8 Å². The first-order chi connectivity index (χ1) is 17.7. The number of carboxylic acid groups (broad SMARTS) is 1. The summed E-state index contributed by atoms with van der Waals surface area (Å²) in [4.78, 5) is 34.7. The number of hydrogen-bond donors (Lipinski definition) is 2. The molecule has 0 bridgehead atoms. The van der Waals surface area contributed by atoms with Crippen LogP contribution in [0.4, 0.5) is 24.7 Å². The molecule has 1 aliphatic rings. The van der Waals surface area contributed by atoms with Gasteiger partial charge in [-0.1, -0.05) is 30.3 Å². The summed E-state index contributed by atoms with van der Waals surface area (Å²) in [7, 11) is 0. The van der Waals surface area contributed by atoms with Gasteiger partial charge in [-0.15, -0.1) is 0 Å². The molecule has 1 atom stereocenters. The molecule has 2 N–H and O–H groups in total. The first-order valence-corrected chi connectivity index (χ1v) is 11.6. The van der Waals surface area contributed by atoms with Crippen molar-refractivity contribution in [2.24, 2.45) is 0 Å². The summed E-state index contributed by atoms with van der Waals surface area (Å²) in [5.41, 5.74) is 1.62. The van der Waals surface area contributed by atoms with Crippen molar-refractivity contribution in [1.29, 1.82) is 0 Å². The van der Waals surface area contributed by atoms with E-state index in [1.807, 2.05) is 30.3 Å². The van der Waals surface area contributed by atoms with Gasteiger partial charge in [0.1, 0.15) is 11.7 Å². The first kappa shape index (κ1) is 24.2. The second kappa shape index (κ2) is 9.53. The van der Waals surface area contributed by atoms with Crippen molar-refractivity contribution >= 4 is 34.4 Å². The fourth-order valence-electron chi connectivity index (χ4n) is 4.38. The molecular formula is C27H21F3N4O3. The van der Waals surface area contributed by atoms with Crippen LogP contribution >= 0.6 is 0 Å². The predicted octanol–water partition coefficient (Wildman–Crippen LogP) is 5.75. The van der Waals surface area contributed by atoms with Gasteiger partial charge in [-0.2, -0.15) is 13.2 Å². The number of amides is 1. The van der Waals surface area contributed by atoms with E-state index in [1.165, 1.54) is 11.0 Å². The lowest BCUT2D eigenvalue weighted by molar-refractivity contribution is -0.141. The van der Waals surface area contributed by atoms with E-state index < -0.39 is 23.8 Å². The molecule has 1 aromatic heterocycles. The normalized spacial score (nSPS) is 15.6. The van der Waals surface area contributed by atoms with E-state index in [-0.39, 0.29) is 17.2 Å². The number of nitrogens with zero attached hydrogens (tertiary/aromatic N) is 3. The van der Waals surface area contributed by atoms with Crippen molar-refractivity contribution in [3.8, 4) is 11.3 Å². The minimum atomic E-state index is -4.51. The highest BCUT2D eigenvalue weighted by Gasteiger charge is 2.34. The summed E-state index contributed by atoms with van der Waals surface area (Å²) in [5, 5.41) is 12.5. The number of halogens is 3. The number of aliphatic carboxylic acids is 1. The van der Waals surface area contributed by atoms with Crippen molar-refractivity contribution < 1.29 is 27.9 Å². The Kier molecular flexibility index (Phi) is 6.24. The highest BCUT2D eigenvalue weighted by Crippen LogP contribution is 2.34. The van der Waals surface area contributed by atoms with Crippen molar-refractivity contribution in [3.63, 3.8) is 0 Å². The van der Waals surface area contributed by atoms with E-state index in [2.05, 4.69) is 15.3 Å². The number of anilines is 2. The second-order valence-corrected chi connectivity index (χ2v) is 8.69. The Morgan fingerprint density at radius 1 is 0.946 bits per heavy atom. The molecule has 188 valence electrons. The third kappa shape index (κ3) is 4.95. The second-order valence-electron chi connectivity index (χ2n) is 8.69. The number of nitrogens with one attached hydrogen (secondary N) is 1. The lowest BCUT2D eigenvalue weighted by Gasteiger charge is -2.21. The SMILES string of the molecule is O=C(O)C1CCCN1C(=O)c1ccc(Nc2nc3cc(C(F)(F)F)ccc3nc2-c2ccccc2)cc1. The van der Waals surface area contributed by atoms with Crippen LogP contribution in [0.5, 0.6) is 0 Å². The van der Waals surface area contributed by atoms with Gasteiger partial charge in [0.2, 0.25) is 0 Å². The van der Waals surface area contributed by atoms with E-state index in [0.717, 1.165) is 17.7 Å². The molecule has 0 saturated carbocycles. The highest BCUT2D eigenvalue weighted by molar-refractivity contribution is 5.97. The van der Waals surface area contributed by atoms with Gasteiger partial charge in [-0.05, 0) is 55.3 Å². The van der Waals surface area contributed by atoms with Crippen LogP contribution in [-0.4, -0.2) is 44.4 Å². The zero-order chi connectivity index (χ0) is 26.2. The van der Waals surface area contributed by atoms with Crippen molar-refractivity contribution in [2.45, 2.75) is 25.1 Å². The maximum Gasteiger partial charge on any atom is 0.416 e. The fraction of sp³-hybridized carbons (Fsp3) is 0.185. The number of alkyl halides is 3. The van der Waals surface area contributed by atoms with Crippen molar-refractivity contribution in [1.82, 2.24) is 14.9 Å². The summed E-state index contributed by atoms with van der Waals surface area (Å²) in [5.74, 6) is -1.14. The largest absolute Gasteiger partial charge is 0.480 e. The van der Waals surface area contributed by atoms with Crippen LogP contribution in [0.15, 0.2) is 72.8 Å². The predicted molar refractivity (Wildman–Crippen MR) is 131 cm³/mol. The van der Waals surface area contributed by atoms with Gasteiger partial charge < -0.3 is 15.3 Å². The van der Waals surface area contributed by atoms with E-state index in [1.54, 1.807) is 24.3 Å².